The first-order valence-corrected chi connectivity index (χ1v) is 9.01. The van der Waals surface area contributed by atoms with Crippen LogP contribution in [0.3, 0.4) is 0 Å². The Hall–Kier alpha value is -2.94. The Balaban J connectivity index is 0.00000240. The number of carbonyl (C=O) groups is 2. The largest absolute Gasteiger partial charge is 1.00 e. The summed E-state index contributed by atoms with van der Waals surface area (Å²) >= 11 is 0. The highest BCUT2D eigenvalue weighted by Crippen LogP contribution is 2.35. The number of pyridine rings is 1. The third-order valence-electron chi connectivity index (χ3n) is 4.88. The molecule has 1 aliphatic rings. The first-order chi connectivity index (χ1) is 13.6. The first-order valence-electron chi connectivity index (χ1n) is 9.01. The summed E-state index contributed by atoms with van der Waals surface area (Å²) in [5.41, 5.74) is 2.60. The van der Waals surface area contributed by atoms with E-state index in [0.29, 0.717) is 17.1 Å². The number of phenolic OH excluding ortho intramolecular Hbond substituents is 1. The number of hydrogen-bond donors (Lipinski definition) is 2. The normalized spacial score (nSPS) is 15.3. The molecule has 6 nitrogen and oxygen atoms in total. The smallest absolute Gasteiger partial charge is 0.294 e. The lowest BCUT2D eigenvalue weighted by molar-refractivity contribution is -0.695. The van der Waals surface area contributed by atoms with Crippen molar-refractivity contribution in [3.63, 3.8) is 0 Å². The number of aromatic hydroxyl groups is 1. The van der Waals surface area contributed by atoms with Crippen molar-refractivity contribution in [3.05, 3.63) is 84.2 Å². The third-order valence-corrected chi connectivity index (χ3v) is 4.88. The van der Waals surface area contributed by atoms with E-state index in [-0.39, 0.29) is 48.1 Å². The van der Waals surface area contributed by atoms with Crippen molar-refractivity contribution in [1.29, 1.82) is 0 Å². The summed E-state index contributed by atoms with van der Waals surface area (Å²) in [5, 5.41) is 13.3. The Labute approximate surface area is 185 Å². The highest BCUT2D eigenvalue weighted by molar-refractivity contribution is 6.06. The lowest BCUT2D eigenvalue weighted by Gasteiger charge is -2.32. The monoisotopic (exact) mass is 501 g/mol. The van der Waals surface area contributed by atoms with Gasteiger partial charge in [-0.1, -0.05) is 36.4 Å². The van der Waals surface area contributed by atoms with Crippen molar-refractivity contribution in [3.8, 4) is 5.75 Å². The van der Waals surface area contributed by atoms with Gasteiger partial charge in [0.1, 0.15) is 5.75 Å². The van der Waals surface area contributed by atoms with Gasteiger partial charge in [0.15, 0.2) is 6.20 Å². The van der Waals surface area contributed by atoms with Crippen LogP contribution in [0.4, 0.5) is 11.4 Å². The minimum Gasteiger partial charge on any atom is -1.00 e. The quantitative estimate of drug-likeness (QED) is 0.383. The van der Waals surface area contributed by atoms with Gasteiger partial charge in [0.2, 0.25) is 18.3 Å². The van der Waals surface area contributed by atoms with E-state index in [1.54, 1.807) is 29.0 Å². The molecule has 2 N–H and O–H groups in total. The van der Waals surface area contributed by atoms with Crippen molar-refractivity contribution in [2.45, 2.75) is 19.5 Å². The summed E-state index contributed by atoms with van der Waals surface area (Å²) in [7, 11) is 0. The summed E-state index contributed by atoms with van der Waals surface area (Å²) in [6.07, 6.45) is 1.78. The molecule has 7 heteroatoms. The number of hydrogen-bond acceptors (Lipinski definition) is 3. The lowest BCUT2D eigenvalue weighted by Crippen LogP contribution is -3.00. The molecule has 0 radical (unpaired) electrons. The van der Waals surface area contributed by atoms with Crippen LogP contribution in [-0.4, -0.2) is 16.9 Å². The van der Waals surface area contributed by atoms with Crippen LogP contribution in [-0.2, 0) is 16.1 Å². The van der Waals surface area contributed by atoms with E-state index < -0.39 is 6.04 Å². The van der Waals surface area contributed by atoms with Gasteiger partial charge in [0, 0.05) is 17.8 Å². The molecular weight excluding hydrogens is 481 g/mol. The number of benzene rings is 2. The van der Waals surface area contributed by atoms with E-state index in [1.165, 1.54) is 11.0 Å². The molecule has 1 atom stereocenters. The van der Waals surface area contributed by atoms with Crippen LogP contribution < -0.4 is 38.8 Å². The molecule has 148 valence electrons. The van der Waals surface area contributed by atoms with Gasteiger partial charge in [-0.05, 0) is 30.7 Å². The molecule has 2 aromatic carbocycles. The number of nitrogens with one attached hydrogen (secondary N) is 1. The molecule has 1 aliphatic heterocycles. The van der Waals surface area contributed by atoms with Crippen LogP contribution in [0.2, 0.25) is 0 Å². The highest BCUT2D eigenvalue weighted by atomic mass is 127. The fourth-order valence-electron chi connectivity index (χ4n) is 3.49. The molecule has 29 heavy (non-hydrogen) atoms. The second-order valence-corrected chi connectivity index (χ2v) is 6.71. The van der Waals surface area contributed by atoms with Crippen molar-refractivity contribution in [1.82, 2.24) is 0 Å². The number of phenols is 1. The maximum Gasteiger partial charge on any atom is 0.294 e. The van der Waals surface area contributed by atoms with Crippen molar-refractivity contribution >= 4 is 23.2 Å². The van der Waals surface area contributed by atoms with Crippen molar-refractivity contribution in [2.24, 2.45) is 0 Å². The molecule has 4 rings (SSSR count). The molecule has 0 bridgehead atoms. The van der Waals surface area contributed by atoms with Gasteiger partial charge >= 0.3 is 0 Å². The van der Waals surface area contributed by atoms with Gasteiger partial charge in [-0.2, -0.15) is 4.57 Å². The molecule has 0 saturated heterocycles. The van der Waals surface area contributed by atoms with Crippen LogP contribution in [0.15, 0.2) is 72.9 Å². The van der Waals surface area contributed by atoms with Gasteiger partial charge in [-0.15, -0.1) is 0 Å². The lowest BCUT2D eigenvalue weighted by atomic mass is 10.0. The van der Waals surface area contributed by atoms with E-state index in [4.69, 9.17) is 0 Å². The van der Waals surface area contributed by atoms with Crippen LogP contribution in [0.5, 0.6) is 5.75 Å². The number of nitrogens with zero attached hydrogens (tertiary/aromatic N) is 2. The van der Waals surface area contributed by atoms with Crippen molar-refractivity contribution < 1.29 is 43.2 Å². The fourth-order valence-corrected chi connectivity index (χ4v) is 3.49. The zero-order chi connectivity index (χ0) is 19.7. The molecule has 1 unspecified atom stereocenters. The zero-order valence-electron chi connectivity index (χ0n) is 15.7. The zero-order valence-corrected chi connectivity index (χ0v) is 17.9. The Bertz CT molecular complexity index is 1070. The Morgan fingerprint density at radius 2 is 1.76 bits per heavy atom. The Morgan fingerprint density at radius 1 is 1.07 bits per heavy atom. The van der Waals surface area contributed by atoms with E-state index in [0.717, 1.165) is 5.56 Å². The van der Waals surface area contributed by atoms with E-state index in [1.807, 2.05) is 49.4 Å². The Kier molecular flexibility index (Phi) is 6.17. The third kappa shape index (κ3) is 3.95. The minimum absolute atomic E-state index is 0. The molecular formula is C22H20IN3O3. The molecule has 3 aromatic rings. The summed E-state index contributed by atoms with van der Waals surface area (Å²) in [5.74, 6) is -0.658. The van der Waals surface area contributed by atoms with E-state index in [9.17, 15) is 14.7 Å². The predicted molar refractivity (Wildman–Crippen MR) is 105 cm³/mol. The summed E-state index contributed by atoms with van der Waals surface area (Å²) < 4.78 is 1.76. The van der Waals surface area contributed by atoms with Gasteiger partial charge < -0.3 is 34.4 Å². The maximum atomic E-state index is 13.3. The first kappa shape index (κ1) is 20.8. The number of aromatic nitrogens is 1. The highest BCUT2D eigenvalue weighted by Gasteiger charge is 2.44. The number of para-hydroxylation sites is 3. The second-order valence-electron chi connectivity index (χ2n) is 6.71. The maximum absolute atomic E-state index is 13.3. The molecule has 0 saturated carbocycles. The number of aryl methyl sites for hydroxylation is 1. The second kappa shape index (κ2) is 8.60. The predicted octanol–water partition coefficient (Wildman–Crippen LogP) is -0.281. The minimum atomic E-state index is -0.907. The number of rotatable bonds is 3. The van der Waals surface area contributed by atoms with Crippen LogP contribution >= 0.6 is 0 Å². The Morgan fingerprint density at radius 3 is 2.52 bits per heavy atom. The van der Waals surface area contributed by atoms with Crippen LogP contribution in [0.1, 0.15) is 17.3 Å². The average Bonchev–Trinajstić information content (AvgIpc) is 2.69. The number of halogens is 1. The number of fused-ring (bicyclic) bond motifs is 1. The van der Waals surface area contributed by atoms with Gasteiger partial charge in [-0.25, -0.2) is 0 Å². The van der Waals surface area contributed by atoms with Gasteiger partial charge in [0.05, 0.1) is 5.69 Å². The molecule has 2 heterocycles. The number of anilines is 2. The molecule has 1 aromatic heterocycles. The molecule has 0 spiro atoms. The van der Waals surface area contributed by atoms with E-state index in [2.05, 4.69) is 5.32 Å². The summed E-state index contributed by atoms with van der Waals surface area (Å²) in [6, 6.07) is 18.6. The molecule has 2 amide bonds. The average molecular weight is 501 g/mol. The fraction of sp³-hybridized carbons (Fsp3) is 0.136. The van der Waals surface area contributed by atoms with Crippen molar-refractivity contribution in [2.75, 3.05) is 10.2 Å². The topological polar surface area (TPSA) is 73.5 Å². The molecule has 0 fully saturated rings. The number of amides is 2. The van der Waals surface area contributed by atoms with Crippen LogP contribution in [0.25, 0.3) is 0 Å². The summed E-state index contributed by atoms with van der Waals surface area (Å²) in [6.45, 7) is 2.00. The SMILES string of the molecule is Cc1ccccc1NC(=O)C1c2cccc[n+]2CC(=O)N1c1ccccc1O.[I-]. The number of carbonyl (C=O) groups excluding carboxylic acids is 2. The van der Waals surface area contributed by atoms with Gasteiger partial charge in [0.25, 0.3) is 11.8 Å². The summed E-state index contributed by atoms with van der Waals surface area (Å²) in [4.78, 5) is 27.7. The van der Waals surface area contributed by atoms with E-state index >= 15 is 0 Å². The van der Waals surface area contributed by atoms with Crippen LogP contribution in [0, 0.1) is 6.92 Å². The van der Waals surface area contributed by atoms with Gasteiger partial charge in [-0.3, -0.25) is 14.5 Å². The standard InChI is InChI=1S/C22H19N3O3.HI/c1-15-8-2-3-9-16(15)23-22(28)21-18-11-6-7-13-24(18)14-20(27)25(21)17-10-4-5-12-19(17)26;/h2-13,21H,14H2,1H3,(H-,23,26,28);1H. The molecule has 0 aliphatic carbocycles.